The van der Waals surface area contributed by atoms with Gasteiger partial charge in [-0.2, -0.15) is 0 Å². The van der Waals surface area contributed by atoms with Crippen molar-refractivity contribution in [2.24, 2.45) is 0 Å². The number of oxazole rings is 2. The average molecular weight is 859 g/mol. The summed E-state index contributed by atoms with van der Waals surface area (Å²) in [6.07, 6.45) is 0. The Hall–Kier alpha value is -9.27. The average Bonchev–Trinajstić information content (AvgIpc) is 4.12. The van der Waals surface area contributed by atoms with Gasteiger partial charge in [0, 0.05) is 44.3 Å². The highest BCUT2D eigenvalue weighted by atomic mass is 16.4. The van der Waals surface area contributed by atoms with Crippen LogP contribution in [0, 0.1) is 0 Å². The van der Waals surface area contributed by atoms with E-state index in [0.717, 1.165) is 99.1 Å². The van der Waals surface area contributed by atoms with E-state index in [4.69, 9.17) is 33.8 Å². The number of benzene rings is 10. The maximum absolute atomic E-state index is 6.11. The molecule has 0 bridgehead atoms. The first-order chi connectivity index (χ1) is 33.1. The van der Waals surface area contributed by atoms with Gasteiger partial charge in [-0.1, -0.05) is 109 Å². The summed E-state index contributed by atoms with van der Waals surface area (Å²) in [6.45, 7) is 0. The number of para-hydroxylation sites is 5. The number of rotatable bonds is 6. The molecule has 0 aliphatic carbocycles. The lowest BCUT2D eigenvalue weighted by Gasteiger charge is -2.11. The van der Waals surface area contributed by atoms with E-state index in [1.54, 1.807) is 0 Å². The van der Waals surface area contributed by atoms with E-state index in [0.29, 0.717) is 29.3 Å². The van der Waals surface area contributed by atoms with Crippen LogP contribution in [0.5, 0.6) is 0 Å². The minimum Gasteiger partial charge on any atom is -0.436 e. The van der Waals surface area contributed by atoms with Crippen molar-refractivity contribution >= 4 is 76.3 Å². The Labute approximate surface area is 382 Å². The van der Waals surface area contributed by atoms with Gasteiger partial charge in [0.2, 0.25) is 11.8 Å². The van der Waals surface area contributed by atoms with Crippen molar-refractivity contribution in [2.75, 3.05) is 0 Å². The third-order valence-electron chi connectivity index (χ3n) is 12.8. The predicted octanol–water partition coefficient (Wildman–Crippen LogP) is 15.0. The molecular formula is C59H34N6O2. The molecule has 0 aliphatic rings. The van der Waals surface area contributed by atoms with Crippen molar-refractivity contribution in [2.45, 2.75) is 0 Å². The second kappa shape index (κ2) is 14.6. The van der Waals surface area contributed by atoms with Gasteiger partial charge in [0.25, 0.3) is 0 Å². The Kier molecular flexibility index (Phi) is 8.11. The van der Waals surface area contributed by atoms with Gasteiger partial charge in [0.15, 0.2) is 28.6 Å². The van der Waals surface area contributed by atoms with Gasteiger partial charge in [-0.05, 0) is 129 Å². The predicted molar refractivity (Wildman–Crippen MR) is 269 cm³/mol. The van der Waals surface area contributed by atoms with Crippen LogP contribution in [0.3, 0.4) is 0 Å². The fourth-order valence-electron chi connectivity index (χ4n) is 9.50. The summed E-state index contributed by atoms with van der Waals surface area (Å²) in [5.74, 6) is 2.93. The van der Waals surface area contributed by atoms with E-state index in [-0.39, 0.29) is 0 Å². The lowest BCUT2D eigenvalue weighted by Crippen LogP contribution is -2.00. The molecule has 0 radical (unpaired) electrons. The SMILES string of the molecule is c1ccc2cc(-n3c4ccccc4c4cc(-c5nc(-c6ccc7cc(-c8nc9ccccc9o8)ccc7c6)nc(-c6ccc7cc(-c8nc9ccccc9o8)ccc7c6)n5)ccc43)ccc2c1. The molecule has 0 spiro atoms. The maximum Gasteiger partial charge on any atom is 0.227 e. The molecule has 4 aromatic heterocycles. The fraction of sp³-hybridized carbons (Fsp3) is 0. The summed E-state index contributed by atoms with van der Waals surface area (Å²) in [5, 5.41) is 8.88. The molecular weight excluding hydrogens is 825 g/mol. The van der Waals surface area contributed by atoms with Crippen molar-refractivity contribution in [3.63, 3.8) is 0 Å². The molecule has 0 atom stereocenters. The second-order valence-corrected chi connectivity index (χ2v) is 16.9. The molecule has 312 valence electrons. The highest BCUT2D eigenvalue weighted by Gasteiger charge is 2.18. The summed E-state index contributed by atoms with van der Waals surface area (Å²) in [6, 6.07) is 71.1. The first-order valence-corrected chi connectivity index (χ1v) is 22.2. The number of aromatic nitrogens is 6. The number of fused-ring (bicyclic) bond motifs is 8. The highest BCUT2D eigenvalue weighted by Crippen LogP contribution is 2.37. The van der Waals surface area contributed by atoms with Crippen LogP contribution in [0.2, 0.25) is 0 Å². The van der Waals surface area contributed by atoms with E-state index in [1.807, 2.05) is 48.5 Å². The molecule has 0 fully saturated rings. The van der Waals surface area contributed by atoms with Gasteiger partial charge in [0.05, 0.1) is 11.0 Å². The molecule has 14 aromatic rings. The zero-order valence-corrected chi connectivity index (χ0v) is 35.6. The molecule has 10 aromatic carbocycles. The molecule has 4 heterocycles. The normalized spacial score (nSPS) is 11.9. The number of hydrogen-bond acceptors (Lipinski definition) is 7. The van der Waals surface area contributed by atoms with Crippen LogP contribution in [0.1, 0.15) is 0 Å². The van der Waals surface area contributed by atoms with Crippen LogP contribution >= 0.6 is 0 Å². The summed E-state index contributed by atoms with van der Waals surface area (Å²) in [4.78, 5) is 25.1. The van der Waals surface area contributed by atoms with Gasteiger partial charge in [-0.25, -0.2) is 24.9 Å². The first kappa shape index (κ1) is 37.1. The minimum atomic E-state index is 0.579. The van der Waals surface area contributed by atoms with Crippen LogP contribution in [-0.4, -0.2) is 29.5 Å². The van der Waals surface area contributed by atoms with Gasteiger partial charge in [0.1, 0.15) is 11.0 Å². The third-order valence-corrected chi connectivity index (χ3v) is 12.8. The first-order valence-electron chi connectivity index (χ1n) is 22.2. The van der Waals surface area contributed by atoms with Gasteiger partial charge in [-0.15, -0.1) is 0 Å². The maximum atomic E-state index is 6.11. The van der Waals surface area contributed by atoms with E-state index in [9.17, 15) is 0 Å². The smallest absolute Gasteiger partial charge is 0.227 e. The largest absolute Gasteiger partial charge is 0.436 e. The molecule has 0 amide bonds. The van der Waals surface area contributed by atoms with Crippen molar-refractivity contribution < 1.29 is 8.83 Å². The quantitative estimate of drug-likeness (QED) is 0.164. The zero-order chi connectivity index (χ0) is 44.0. The Morgan fingerprint density at radius 3 is 1.33 bits per heavy atom. The summed E-state index contributed by atoms with van der Waals surface area (Å²) >= 11 is 0. The summed E-state index contributed by atoms with van der Waals surface area (Å²) in [7, 11) is 0. The Morgan fingerprint density at radius 1 is 0.299 bits per heavy atom. The van der Waals surface area contributed by atoms with Gasteiger partial charge in [-0.3, -0.25) is 0 Å². The number of hydrogen-bond donors (Lipinski definition) is 0. The van der Waals surface area contributed by atoms with Crippen LogP contribution in [-0.2, 0) is 0 Å². The van der Waals surface area contributed by atoms with Gasteiger partial charge >= 0.3 is 0 Å². The Morgan fingerprint density at radius 2 is 0.731 bits per heavy atom. The highest BCUT2D eigenvalue weighted by molar-refractivity contribution is 6.10. The lowest BCUT2D eigenvalue weighted by atomic mass is 10.0. The van der Waals surface area contributed by atoms with Gasteiger partial charge < -0.3 is 13.4 Å². The molecule has 0 N–H and O–H groups in total. The van der Waals surface area contributed by atoms with E-state index < -0.39 is 0 Å². The molecule has 0 saturated heterocycles. The van der Waals surface area contributed by atoms with Crippen LogP contribution in [0.15, 0.2) is 215 Å². The number of nitrogens with zero attached hydrogens (tertiary/aromatic N) is 6. The molecule has 8 nitrogen and oxygen atoms in total. The molecule has 14 rings (SSSR count). The molecule has 0 unspecified atom stereocenters. The van der Waals surface area contributed by atoms with E-state index >= 15 is 0 Å². The fourth-order valence-corrected chi connectivity index (χ4v) is 9.50. The Bertz CT molecular complexity index is 4070. The molecule has 0 aliphatic heterocycles. The van der Waals surface area contributed by atoms with E-state index in [1.165, 1.54) is 10.8 Å². The van der Waals surface area contributed by atoms with Crippen molar-refractivity contribution in [1.29, 1.82) is 0 Å². The van der Waals surface area contributed by atoms with Crippen LogP contribution in [0.25, 0.3) is 139 Å². The summed E-state index contributed by atoms with van der Waals surface area (Å²) < 4.78 is 14.6. The third kappa shape index (κ3) is 6.26. The molecule has 8 heteroatoms. The van der Waals surface area contributed by atoms with Crippen molar-refractivity contribution in [3.05, 3.63) is 206 Å². The monoisotopic (exact) mass is 858 g/mol. The topological polar surface area (TPSA) is 95.7 Å². The minimum absolute atomic E-state index is 0.579. The Balaban J connectivity index is 0.903. The molecule has 0 saturated carbocycles. The van der Waals surface area contributed by atoms with E-state index in [2.05, 4.69) is 162 Å². The van der Waals surface area contributed by atoms with Crippen LogP contribution < -0.4 is 0 Å². The van der Waals surface area contributed by atoms with Crippen molar-refractivity contribution in [3.8, 4) is 62.8 Å². The zero-order valence-electron chi connectivity index (χ0n) is 35.6. The second-order valence-electron chi connectivity index (χ2n) is 16.9. The standard InChI is InChI=1S/C59H34N6O2/c1-2-10-36-33-46(27-25-35(36)9-1)65-51-14-6-3-11-47(51)48-34-43(26-28-52(48)65)57-63-55(41-21-17-39-31-44(23-19-37(39)29-41)58-60-49-12-4-7-15-53(49)66-58)62-56(64-57)42-22-18-40-32-45(24-20-38(40)30-42)59-61-50-13-5-8-16-54(50)67-59/h1-34H. The summed E-state index contributed by atoms with van der Waals surface area (Å²) in [5.41, 5.74) is 11.0. The molecule has 67 heavy (non-hydrogen) atoms. The van der Waals surface area contributed by atoms with Crippen molar-refractivity contribution in [1.82, 2.24) is 29.5 Å². The van der Waals surface area contributed by atoms with Crippen LogP contribution in [0.4, 0.5) is 0 Å². The lowest BCUT2D eigenvalue weighted by molar-refractivity contribution is 0.619.